The van der Waals surface area contributed by atoms with Crippen LogP contribution in [-0.2, 0) is 19.6 Å². The van der Waals surface area contributed by atoms with Crippen molar-refractivity contribution in [1.82, 2.24) is 14.1 Å². The summed E-state index contributed by atoms with van der Waals surface area (Å²) in [7, 11) is -3.63. The first-order chi connectivity index (χ1) is 15.4. The third kappa shape index (κ3) is 5.41. The van der Waals surface area contributed by atoms with Crippen molar-refractivity contribution in [1.29, 1.82) is 0 Å². The number of ether oxygens (including phenoxy) is 1. The van der Waals surface area contributed by atoms with Crippen molar-refractivity contribution in [3.05, 3.63) is 24.3 Å². The second kappa shape index (κ2) is 10.2. The van der Waals surface area contributed by atoms with E-state index < -0.39 is 10.0 Å². The van der Waals surface area contributed by atoms with Gasteiger partial charge in [0.2, 0.25) is 15.9 Å². The lowest BCUT2D eigenvalue weighted by molar-refractivity contribution is -0.133. The van der Waals surface area contributed by atoms with Crippen LogP contribution >= 0.6 is 0 Å². The fraction of sp³-hybridized carbons (Fsp3) is 0.636. The number of benzene rings is 1. The van der Waals surface area contributed by atoms with Crippen molar-refractivity contribution in [3.8, 4) is 0 Å². The van der Waals surface area contributed by atoms with E-state index in [1.807, 2.05) is 4.90 Å². The van der Waals surface area contributed by atoms with Crippen LogP contribution in [-0.4, -0.2) is 86.9 Å². The van der Waals surface area contributed by atoms with Crippen LogP contribution in [0.15, 0.2) is 29.2 Å². The average Bonchev–Trinajstić information content (AvgIpc) is 3.33. The van der Waals surface area contributed by atoms with Gasteiger partial charge in [-0.3, -0.25) is 4.79 Å². The van der Waals surface area contributed by atoms with Gasteiger partial charge in [-0.15, -0.1) is 0 Å². The van der Waals surface area contributed by atoms with Crippen LogP contribution in [0.25, 0.3) is 0 Å². The van der Waals surface area contributed by atoms with Crippen molar-refractivity contribution in [2.24, 2.45) is 5.92 Å². The number of nitrogens with one attached hydrogen (secondary N) is 1. The van der Waals surface area contributed by atoms with E-state index in [0.29, 0.717) is 70.5 Å². The minimum Gasteiger partial charge on any atom is -0.379 e. The van der Waals surface area contributed by atoms with Crippen molar-refractivity contribution in [2.45, 2.75) is 37.0 Å². The predicted molar refractivity (Wildman–Crippen MR) is 120 cm³/mol. The zero-order valence-corrected chi connectivity index (χ0v) is 19.2. The molecule has 1 aliphatic carbocycles. The van der Waals surface area contributed by atoms with E-state index in [1.165, 1.54) is 29.3 Å². The molecular formula is C22H32N4O5S. The number of amides is 3. The molecule has 3 fully saturated rings. The summed E-state index contributed by atoms with van der Waals surface area (Å²) >= 11 is 0. The maximum Gasteiger partial charge on any atom is 0.321 e. The molecule has 2 saturated heterocycles. The van der Waals surface area contributed by atoms with E-state index in [2.05, 4.69) is 5.32 Å². The summed E-state index contributed by atoms with van der Waals surface area (Å²) in [6.45, 7) is 3.40. The highest BCUT2D eigenvalue weighted by atomic mass is 32.2. The lowest BCUT2D eigenvalue weighted by Gasteiger charge is -2.35. The van der Waals surface area contributed by atoms with Gasteiger partial charge in [0, 0.05) is 51.4 Å². The molecule has 10 heteroatoms. The smallest absolute Gasteiger partial charge is 0.321 e. The van der Waals surface area contributed by atoms with E-state index in [9.17, 15) is 18.0 Å². The van der Waals surface area contributed by atoms with Crippen molar-refractivity contribution < 1.29 is 22.7 Å². The van der Waals surface area contributed by atoms with Gasteiger partial charge in [-0.1, -0.05) is 18.9 Å². The Morgan fingerprint density at radius 2 is 1.62 bits per heavy atom. The molecule has 0 atom stereocenters. The van der Waals surface area contributed by atoms with E-state index in [-0.39, 0.29) is 16.8 Å². The number of sulfonamides is 1. The Bertz CT molecular complexity index is 918. The Hall–Kier alpha value is -2.17. The first kappa shape index (κ1) is 23.0. The number of morpholine rings is 1. The maximum atomic E-state index is 12.9. The molecule has 2 aliphatic heterocycles. The van der Waals surface area contributed by atoms with Gasteiger partial charge < -0.3 is 19.9 Å². The van der Waals surface area contributed by atoms with E-state index in [0.717, 1.165) is 12.8 Å². The number of carbonyl (C=O) groups excluding carboxylic acids is 2. The van der Waals surface area contributed by atoms with Gasteiger partial charge in [0.1, 0.15) is 0 Å². The molecule has 1 N–H and O–H groups in total. The maximum absolute atomic E-state index is 12.9. The van der Waals surface area contributed by atoms with Gasteiger partial charge >= 0.3 is 6.03 Å². The quantitative estimate of drug-likeness (QED) is 0.718. The number of piperazine rings is 1. The second-order valence-electron chi connectivity index (χ2n) is 8.70. The van der Waals surface area contributed by atoms with Crippen LogP contribution in [0.3, 0.4) is 0 Å². The molecule has 4 rings (SSSR count). The van der Waals surface area contributed by atoms with Gasteiger partial charge in [-0.25, -0.2) is 13.2 Å². The Morgan fingerprint density at radius 1 is 0.969 bits per heavy atom. The molecule has 0 spiro atoms. The highest BCUT2D eigenvalue weighted by Gasteiger charge is 2.28. The Balaban J connectivity index is 1.30. The molecule has 0 bridgehead atoms. The number of carbonyl (C=O) groups is 2. The predicted octanol–water partition coefficient (Wildman–Crippen LogP) is 1.96. The monoisotopic (exact) mass is 464 g/mol. The minimum atomic E-state index is -3.63. The largest absolute Gasteiger partial charge is 0.379 e. The molecule has 1 saturated carbocycles. The molecule has 0 aromatic heterocycles. The van der Waals surface area contributed by atoms with E-state index in [1.54, 1.807) is 17.0 Å². The van der Waals surface area contributed by atoms with Crippen LogP contribution in [0.4, 0.5) is 10.5 Å². The Labute approximate surface area is 189 Å². The average molecular weight is 465 g/mol. The van der Waals surface area contributed by atoms with Crippen molar-refractivity contribution in [3.63, 3.8) is 0 Å². The van der Waals surface area contributed by atoms with Crippen molar-refractivity contribution >= 4 is 27.6 Å². The van der Waals surface area contributed by atoms with Crippen LogP contribution in [0.1, 0.15) is 32.1 Å². The number of urea groups is 1. The van der Waals surface area contributed by atoms with Gasteiger partial charge in [-0.2, -0.15) is 4.31 Å². The number of rotatable bonds is 5. The fourth-order valence-electron chi connectivity index (χ4n) is 4.62. The summed E-state index contributed by atoms with van der Waals surface area (Å²) in [5, 5.41) is 2.81. The highest BCUT2D eigenvalue weighted by Crippen LogP contribution is 2.28. The molecule has 0 radical (unpaired) electrons. The molecule has 1 aromatic carbocycles. The zero-order chi connectivity index (χ0) is 22.6. The standard InChI is InChI=1S/C22H32N4O5S/c27-21(16-18-4-1-2-5-18)24-8-10-25(11-9-24)22(28)23-19-6-3-7-20(17-19)32(29,30)26-12-14-31-15-13-26/h3,6-7,17-18H,1-2,4-5,8-16H2,(H,23,28). The minimum absolute atomic E-state index is 0.152. The molecule has 32 heavy (non-hydrogen) atoms. The first-order valence-corrected chi connectivity index (χ1v) is 12.9. The fourth-order valence-corrected chi connectivity index (χ4v) is 6.08. The van der Waals surface area contributed by atoms with Crippen molar-refractivity contribution in [2.75, 3.05) is 57.8 Å². The number of anilines is 1. The molecule has 9 nitrogen and oxygen atoms in total. The number of hydrogen-bond acceptors (Lipinski definition) is 5. The lowest BCUT2D eigenvalue weighted by atomic mass is 10.0. The third-order valence-electron chi connectivity index (χ3n) is 6.55. The molecular weight excluding hydrogens is 432 g/mol. The zero-order valence-electron chi connectivity index (χ0n) is 18.4. The topological polar surface area (TPSA) is 99.3 Å². The van der Waals surface area contributed by atoms with Crippen LogP contribution in [0.2, 0.25) is 0 Å². The van der Waals surface area contributed by atoms with Crippen LogP contribution < -0.4 is 5.32 Å². The third-order valence-corrected chi connectivity index (χ3v) is 8.45. The summed E-state index contributed by atoms with van der Waals surface area (Å²) in [5.41, 5.74) is 0.434. The lowest BCUT2D eigenvalue weighted by Crippen LogP contribution is -2.51. The molecule has 2 heterocycles. The summed E-state index contributed by atoms with van der Waals surface area (Å²) < 4.78 is 32.4. The molecule has 1 aromatic rings. The van der Waals surface area contributed by atoms with Gasteiger partial charge in [0.05, 0.1) is 18.1 Å². The molecule has 0 unspecified atom stereocenters. The van der Waals surface area contributed by atoms with Crippen LogP contribution in [0, 0.1) is 5.92 Å². The summed E-state index contributed by atoms with van der Waals surface area (Å²) in [4.78, 5) is 28.9. The normalized spacial score (nSPS) is 21.0. The Kier molecular flexibility index (Phi) is 7.32. The Morgan fingerprint density at radius 3 is 2.31 bits per heavy atom. The highest BCUT2D eigenvalue weighted by molar-refractivity contribution is 7.89. The van der Waals surface area contributed by atoms with E-state index >= 15 is 0 Å². The number of nitrogens with zero attached hydrogens (tertiary/aromatic N) is 3. The SMILES string of the molecule is O=C(CC1CCCC1)N1CCN(C(=O)Nc2cccc(S(=O)(=O)N3CCOCC3)c2)CC1. The summed E-state index contributed by atoms with van der Waals surface area (Å²) in [5.74, 6) is 0.711. The van der Waals surface area contributed by atoms with Gasteiger partial charge in [0.25, 0.3) is 0 Å². The number of hydrogen-bond donors (Lipinski definition) is 1. The van der Waals surface area contributed by atoms with Crippen LogP contribution in [0.5, 0.6) is 0 Å². The molecule has 3 amide bonds. The van der Waals surface area contributed by atoms with Gasteiger partial charge in [-0.05, 0) is 37.0 Å². The first-order valence-electron chi connectivity index (χ1n) is 11.4. The molecule has 3 aliphatic rings. The summed E-state index contributed by atoms with van der Waals surface area (Å²) in [6.07, 6.45) is 5.36. The summed E-state index contributed by atoms with van der Waals surface area (Å²) in [6, 6.07) is 6.05. The van der Waals surface area contributed by atoms with Gasteiger partial charge in [0.15, 0.2) is 0 Å². The van der Waals surface area contributed by atoms with E-state index in [4.69, 9.17) is 4.74 Å². The second-order valence-corrected chi connectivity index (χ2v) is 10.6. The molecule has 176 valence electrons.